The molecule has 0 radical (unpaired) electrons. The third-order valence-corrected chi connectivity index (χ3v) is 2.77. The maximum atomic E-state index is 13.0. The average Bonchev–Trinajstić information content (AvgIpc) is 2.48. The van der Waals surface area contributed by atoms with Gasteiger partial charge in [-0.1, -0.05) is 6.07 Å². The summed E-state index contributed by atoms with van der Waals surface area (Å²) in [5.74, 6) is -2.19. The Morgan fingerprint density at radius 3 is 2.75 bits per heavy atom. The van der Waals surface area contributed by atoms with Crippen molar-refractivity contribution in [2.24, 2.45) is 0 Å². The fraction of sp³-hybridized carbons (Fsp3) is 0.143. The van der Waals surface area contributed by atoms with Crippen molar-refractivity contribution in [3.63, 3.8) is 0 Å². The summed E-state index contributed by atoms with van der Waals surface area (Å²) in [4.78, 5) is 15.9. The molecule has 6 heteroatoms. The van der Waals surface area contributed by atoms with Crippen LogP contribution in [0.15, 0.2) is 36.7 Å². The van der Waals surface area contributed by atoms with E-state index in [1.807, 2.05) is 0 Å². The fourth-order valence-corrected chi connectivity index (χ4v) is 1.72. The lowest BCUT2D eigenvalue weighted by molar-refractivity contribution is 0.0951. The van der Waals surface area contributed by atoms with E-state index in [1.54, 1.807) is 19.3 Å². The number of nitrogens with one attached hydrogen (secondary N) is 2. The molecule has 1 aromatic carbocycles. The van der Waals surface area contributed by atoms with Crippen molar-refractivity contribution >= 4 is 11.6 Å². The van der Waals surface area contributed by atoms with E-state index in [-0.39, 0.29) is 12.5 Å². The summed E-state index contributed by atoms with van der Waals surface area (Å²) in [7, 11) is 1.70. The summed E-state index contributed by atoms with van der Waals surface area (Å²) in [5.41, 5.74) is 1.51. The van der Waals surface area contributed by atoms with Crippen molar-refractivity contribution in [3.8, 4) is 0 Å². The largest absolute Gasteiger partial charge is 0.387 e. The van der Waals surface area contributed by atoms with Crippen LogP contribution in [0.3, 0.4) is 0 Å². The number of anilines is 1. The van der Waals surface area contributed by atoms with Gasteiger partial charge in [-0.3, -0.25) is 9.78 Å². The Bertz CT molecular complexity index is 632. The number of halogens is 2. The van der Waals surface area contributed by atoms with Gasteiger partial charge in [-0.05, 0) is 23.8 Å². The molecule has 0 fully saturated rings. The van der Waals surface area contributed by atoms with Crippen LogP contribution in [0.4, 0.5) is 14.5 Å². The Morgan fingerprint density at radius 1 is 1.25 bits per heavy atom. The summed E-state index contributed by atoms with van der Waals surface area (Å²) in [6.45, 7) is 0.105. The minimum absolute atomic E-state index is 0.105. The zero-order valence-corrected chi connectivity index (χ0v) is 10.8. The molecule has 1 amide bonds. The van der Waals surface area contributed by atoms with E-state index >= 15 is 0 Å². The Labute approximate surface area is 114 Å². The molecule has 1 aromatic heterocycles. The summed E-state index contributed by atoms with van der Waals surface area (Å²) in [6.07, 6.45) is 3.00. The van der Waals surface area contributed by atoms with E-state index in [9.17, 15) is 13.6 Å². The molecule has 4 nitrogen and oxygen atoms in total. The summed E-state index contributed by atoms with van der Waals surface area (Å²) < 4.78 is 25.8. The topological polar surface area (TPSA) is 54.0 Å². The quantitative estimate of drug-likeness (QED) is 0.902. The molecule has 0 atom stereocenters. The number of hydrogen-bond donors (Lipinski definition) is 2. The normalized spacial score (nSPS) is 10.2. The van der Waals surface area contributed by atoms with Crippen molar-refractivity contribution in [1.82, 2.24) is 10.3 Å². The second-order valence-electron chi connectivity index (χ2n) is 4.10. The standard InChI is InChI=1S/C14H13F2N3O/c1-17-13-4-5-18-8-10(13)14(20)19-7-9-2-3-11(15)12(16)6-9/h2-6,8H,7H2,1H3,(H,17,18)(H,19,20). The smallest absolute Gasteiger partial charge is 0.255 e. The highest BCUT2D eigenvalue weighted by molar-refractivity contribution is 5.99. The number of carbonyl (C=O) groups is 1. The summed E-state index contributed by atoms with van der Waals surface area (Å²) in [6, 6.07) is 5.17. The summed E-state index contributed by atoms with van der Waals surface area (Å²) in [5, 5.41) is 5.51. The first-order chi connectivity index (χ1) is 9.61. The first-order valence-corrected chi connectivity index (χ1v) is 5.95. The van der Waals surface area contributed by atoms with Crippen molar-refractivity contribution in [2.45, 2.75) is 6.54 Å². The molecule has 2 aromatic rings. The lowest BCUT2D eigenvalue weighted by atomic mass is 10.2. The Hall–Kier alpha value is -2.50. The zero-order chi connectivity index (χ0) is 14.5. The fourth-order valence-electron chi connectivity index (χ4n) is 1.72. The summed E-state index contributed by atoms with van der Waals surface area (Å²) >= 11 is 0. The van der Waals surface area contributed by atoms with Gasteiger partial charge in [-0.2, -0.15) is 0 Å². The molecule has 0 saturated heterocycles. The van der Waals surface area contributed by atoms with Gasteiger partial charge in [-0.15, -0.1) is 0 Å². The first kappa shape index (κ1) is 13.9. The van der Waals surface area contributed by atoms with E-state index < -0.39 is 11.6 Å². The average molecular weight is 277 g/mol. The highest BCUT2D eigenvalue weighted by Crippen LogP contribution is 2.13. The molecule has 0 saturated carbocycles. The third kappa shape index (κ3) is 3.09. The minimum atomic E-state index is -0.936. The van der Waals surface area contributed by atoms with E-state index in [0.29, 0.717) is 16.8 Å². The van der Waals surface area contributed by atoms with Gasteiger partial charge in [0.2, 0.25) is 0 Å². The monoisotopic (exact) mass is 277 g/mol. The van der Waals surface area contributed by atoms with Gasteiger partial charge in [0, 0.05) is 31.7 Å². The molecule has 0 spiro atoms. The Balaban J connectivity index is 2.06. The van der Waals surface area contributed by atoms with Gasteiger partial charge in [0.1, 0.15) is 0 Å². The van der Waals surface area contributed by atoms with Crippen LogP contribution in [0.5, 0.6) is 0 Å². The number of pyridine rings is 1. The molecule has 104 valence electrons. The van der Waals surface area contributed by atoms with Crippen LogP contribution in [0.2, 0.25) is 0 Å². The maximum absolute atomic E-state index is 13.0. The SMILES string of the molecule is CNc1ccncc1C(=O)NCc1ccc(F)c(F)c1. The number of benzene rings is 1. The Morgan fingerprint density at radius 2 is 2.05 bits per heavy atom. The van der Waals surface area contributed by atoms with Gasteiger partial charge in [0.25, 0.3) is 5.91 Å². The molecule has 1 heterocycles. The van der Waals surface area contributed by atoms with Crippen molar-refractivity contribution in [1.29, 1.82) is 0 Å². The predicted molar refractivity (Wildman–Crippen MR) is 71.3 cm³/mol. The highest BCUT2D eigenvalue weighted by atomic mass is 19.2. The molecule has 2 rings (SSSR count). The lowest BCUT2D eigenvalue weighted by Gasteiger charge is -2.09. The van der Waals surface area contributed by atoms with Gasteiger partial charge in [0.05, 0.1) is 5.56 Å². The lowest BCUT2D eigenvalue weighted by Crippen LogP contribution is -2.24. The number of amides is 1. The van der Waals surface area contributed by atoms with Crippen LogP contribution in [-0.4, -0.2) is 17.9 Å². The van der Waals surface area contributed by atoms with Gasteiger partial charge in [0.15, 0.2) is 11.6 Å². The second kappa shape index (κ2) is 6.10. The van der Waals surface area contributed by atoms with Gasteiger partial charge < -0.3 is 10.6 Å². The van der Waals surface area contributed by atoms with E-state index in [2.05, 4.69) is 15.6 Å². The van der Waals surface area contributed by atoms with Crippen molar-refractivity contribution < 1.29 is 13.6 Å². The Kier molecular flexibility index (Phi) is 4.24. The molecule has 0 unspecified atom stereocenters. The molecule has 2 N–H and O–H groups in total. The van der Waals surface area contributed by atoms with Crippen molar-refractivity contribution in [2.75, 3.05) is 12.4 Å². The molecule has 0 bridgehead atoms. The number of hydrogen-bond acceptors (Lipinski definition) is 3. The van der Waals surface area contributed by atoms with E-state index in [1.165, 1.54) is 12.3 Å². The van der Waals surface area contributed by atoms with Crippen LogP contribution in [0.25, 0.3) is 0 Å². The van der Waals surface area contributed by atoms with Crippen LogP contribution in [0, 0.1) is 11.6 Å². The van der Waals surface area contributed by atoms with Gasteiger partial charge >= 0.3 is 0 Å². The molecule has 20 heavy (non-hydrogen) atoms. The number of rotatable bonds is 4. The molecule has 0 aliphatic carbocycles. The molecular weight excluding hydrogens is 264 g/mol. The number of aromatic nitrogens is 1. The van der Waals surface area contributed by atoms with Crippen LogP contribution in [0.1, 0.15) is 15.9 Å². The first-order valence-electron chi connectivity index (χ1n) is 5.95. The number of carbonyl (C=O) groups excluding carboxylic acids is 1. The van der Waals surface area contributed by atoms with Crippen LogP contribution < -0.4 is 10.6 Å². The minimum Gasteiger partial charge on any atom is -0.387 e. The molecule has 0 aliphatic heterocycles. The van der Waals surface area contributed by atoms with Gasteiger partial charge in [-0.25, -0.2) is 8.78 Å². The molecular formula is C14H13F2N3O. The maximum Gasteiger partial charge on any atom is 0.255 e. The molecule has 0 aliphatic rings. The number of nitrogens with zero attached hydrogens (tertiary/aromatic N) is 1. The van der Waals surface area contributed by atoms with Crippen LogP contribution in [-0.2, 0) is 6.54 Å². The highest BCUT2D eigenvalue weighted by Gasteiger charge is 2.10. The van der Waals surface area contributed by atoms with E-state index in [4.69, 9.17) is 0 Å². The van der Waals surface area contributed by atoms with Crippen molar-refractivity contribution in [3.05, 3.63) is 59.4 Å². The van der Waals surface area contributed by atoms with Crippen LogP contribution >= 0.6 is 0 Å². The zero-order valence-electron chi connectivity index (χ0n) is 10.8. The third-order valence-electron chi connectivity index (χ3n) is 2.77. The predicted octanol–water partition coefficient (Wildman–Crippen LogP) is 2.33. The second-order valence-corrected chi connectivity index (χ2v) is 4.10. The van der Waals surface area contributed by atoms with E-state index in [0.717, 1.165) is 12.1 Å².